The molecule has 0 unspecified atom stereocenters. The highest BCUT2D eigenvalue weighted by atomic mass is 35.5. The number of benzene rings is 1. The summed E-state index contributed by atoms with van der Waals surface area (Å²) < 4.78 is 59.8. The van der Waals surface area contributed by atoms with Gasteiger partial charge in [0.1, 0.15) is 11.0 Å². The molecule has 1 N–H and O–H groups in total. The van der Waals surface area contributed by atoms with E-state index in [0.29, 0.717) is 0 Å². The maximum Gasteiger partial charge on any atom is 0.246 e. The van der Waals surface area contributed by atoms with Gasteiger partial charge in [0.15, 0.2) is 9.84 Å². The van der Waals surface area contributed by atoms with Crippen LogP contribution in [-0.2, 0) is 19.9 Å². The Morgan fingerprint density at radius 1 is 1.29 bits per heavy atom. The third-order valence-electron chi connectivity index (χ3n) is 1.78. The van der Waals surface area contributed by atoms with Crippen LogP contribution < -0.4 is 4.72 Å². The van der Waals surface area contributed by atoms with Gasteiger partial charge in [0.2, 0.25) is 10.0 Å². The molecule has 9 heteroatoms. The second-order valence-electron chi connectivity index (χ2n) is 3.24. The van der Waals surface area contributed by atoms with Crippen LogP contribution in [0.25, 0.3) is 0 Å². The second-order valence-corrected chi connectivity index (χ2v) is 7.56. The zero-order chi connectivity index (χ0) is 13.3. The Bertz CT molecular complexity index is 627. The Labute approximate surface area is 104 Å². The van der Waals surface area contributed by atoms with Gasteiger partial charge in [0.25, 0.3) is 0 Å². The van der Waals surface area contributed by atoms with Crippen LogP contribution in [0, 0.1) is 5.82 Å². The van der Waals surface area contributed by atoms with Gasteiger partial charge < -0.3 is 0 Å². The lowest BCUT2D eigenvalue weighted by Crippen LogP contribution is -2.15. The highest BCUT2D eigenvalue weighted by Gasteiger charge is 2.15. The summed E-state index contributed by atoms with van der Waals surface area (Å²) in [4.78, 5) is -0.189. The predicted molar refractivity (Wildman–Crippen MR) is 62.8 cm³/mol. The monoisotopic (exact) mass is 301 g/mol. The summed E-state index contributed by atoms with van der Waals surface area (Å²) in [6.07, 6.45) is 0.931. The molecular formula is C8H9ClFNO4S2. The normalized spacial score (nSPS) is 12.4. The smallest absolute Gasteiger partial charge is 0.246 e. The zero-order valence-corrected chi connectivity index (χ0v) is 11.0. The van der Waals surface area contributed by atoms with Crippen molar-refractivity contribution in [3.8, 4) is 0 Å². The van der Waals surface area contributed by atoms with E-state index >= 15 is 0 Å². The summed E-state index contributed by atoms with van der Waals surface area (Å²) in [5, 5.41) is -0.754. The number of sulfone groups is 1. The Hall–Kier alpha value is -0.860. The number of alkyl halides is 1. The van der Waals surface area contributed by atoms with E-state index in [9.17, 15) is 21.2 Å². The second kappa shape index (κ2) is 4.79. The van der Waals surface area contributed by atoms with Gasteiger partial charge >= 0.3 is 0 Å². The molecule has 5 nitrogen and oxygen atoms in total. The molecule has 17 heavy (non-hydrogen) atoms. The molecule has 0 aliphatic rings. The van der Waals surface area contributed by atoms with Gasteiger partial charge in [-0.1, -0.05) is 0 Å². The van der Waals surface area contributed by atoms with E-state index in [1.54, 1.807) is 0 Å². The Morgan fingerprint density at radius 3 is 2.35 bits per heavy atom. The van der Waals surface area contributed by atoms with Crippen molar-refractivity contribution in [2.45, 2.75) is 4.90 Å². The summed E-state index contributed by atoms with van der Waals surface area (Å²) in [6.45, 7) is 0. The molecule has 0 aliphatic carbocycles. The topological polar surface area (TPSA) is 80.3 Å². The van der Waals surface area contributed by atoms with Crippen molar-refractivity contribution in [1.82, 2.24) is 0 Å². The van der Waals surface area contributed by atoms with Gasteiger partial charge in [-0.3, -0.25) is 4.72 Å². The molecule has 0 spiro atoms. The van der Waals surface area contributed by atoms with Crippen molar-refractivity contribution in [2.75, 3.05) is 16.2 Å². The minimum atomic E-state index is -3.88. The molecule has 0 saturated carbocycles. The van der Waals surface area contributed by atoms with E-state index in [1.165, 1.54) is 0 Å². The van der Waals surface area contributed by atoms with Crippen molar-refractivity contribution >= 4 is 37.1 Å². The molecule has 0 amide bonds. The molecule has 1 aromatic rings. The van der Waals surface area contributed by atoms with Crippen LogP contribution >= 0.6 is 11.6 Å². The van der Waals surface area contributed by atoms with Gasteiger partial charge in [0, 0.05) is 6.26 Å². The molecule has 0 heterocycles. The van der Waals surface area contributed by atoms with Gasteiger partial charge in [-0.2, -0.15) is 0 Å². The third-order valence-corrected chi connectivity index (χ3v) is 4.57. The van der Waals surface area contributed by atoms with Crippen LogP contribution in [-0.4, -0.2) is 28.3 Å². The maximum atomic E-state index is 13.3. The minimum Gasteiger partial charge on any atom is -0.280 e. The number of rotatable bonds is 4. The Morgan fingerprint density at radius 2 is 1.88 bits per heavy atom. The SMILES string of the molecule is CS(=O)(=O)c1ccc(F)c(NS(=O)(=O)CCl)c1. The molecule has 0 saturated heterocycles. The number of hydrogen-bond donors (Lipinski definition) is 1. The van der Waals surface area contributed by atoms with Gasteiger partial charge in [-0.25, -0.2) is 21.2 Å². The predicted octanol–water partition coefficient (Wildman–Crippen LogP) is 1.17. The fourth-order valence-corrected chi connectivity index (χ4v) is 2.36. The lowest BCUT2D eigenvalue weighted by atomic mass is 10.3. The number of nitrogens with one attached hydrogen (secondary N) is 1. The summed E-state index contributed by atoms with van der Waals surface area (Å²) >= 11 is 5.13. The molecule has 0 atom stereocenters. The first-order chi connectivity index (χ1) is 7.65. The Balaban J connectivity index is 3.26. The number of sulfonamides is 1. The van der Waals surface area contributed by atoms with E-state index in [1.807, 2.05) is 4.72 Å². The highest BCUT2D eigenvalue weighted by molar-refractivity contribution is 7.93. The molecule has 96 valence electrons. The molecule has 0 radical (unpaired) electrons. The third kappa shape index (κ3) is 3.83. The van der Waals surface area contributed by atoms with Crippen molar-refractivity contribution in [1.29, 1.82) is 0 Å². The van der Waals surface area contributed by atoms with Gasteiger partial charge in [-0.15, -0.1) is 11.6 Å². The Kier molecular flexibility index (Phi) is 4.00. The summed E-state index contributed by atoms with van der Waals surface area (Å²) in [7, 11) is -7.42. The van der Waals surface area contributed by atoms with Crippen molar-refractivity contribution in [2.24, 2.45) is 0 Å². The van der Waals surface area contributed by atoms with Crippen LogP contribution in [0.15, 0.2) is 23.1 Å². The largest absolute Gasteiger partial charge is 0.280 e. The first kappa shape index (κ1) is 14.2. The number of anilines is 1. The van der Waals surface area contributed by atoms with Crippen molar-refractivity contribution < 1.29 is 21.2 Å². The highest BCUT2D eigenvalue weighted by Crippen LogP contribution is 2.20. The average molecular weight is 302 g/mol. The fourth-order valence-electron chi connectivity index (χ4n) is 1.01. The van der Waals surface area contributed by atoms with E-state index in [-0.39, 0.29) is 4.90 Å². The van der Waals surface area contributed by atoms with Crippen LogP contribution in [0.3, 0.4) is 0 Å². The average Bonchev–Trinajstić information content (AvgIpc) is 2.19. The molecule has 0 aliphatic heterocycles. The number of halogens is 2. The van der Waals surface area contributed by atoms with Crippen molar-refractivity contribution in [3.05, 3.63) is 24.0 Å². The summed E-state index contributed by atoms with van der Waals surface area (Å²) in [5.74, 6) is -0.883. The van der Waals surface area contributed by atoms with E-state index in [4.69, 9.17) is 11.6 Å². The molecule has 0 aromatic heterocycles. The van der Waals surface area contributed by atoms with Crippen LogP contribution in [0.4, 0.5) is 10.1 Å². The van der Waals surface area contributed by atoms with Crippen molar-refractivity contribution in [3.63, 3.8) is 0 Å². The molecule has 0 fully saturated rings. The standard InChI is InChI=1S/C8H9ClFNO4S2/c1-16(12,13)6-2-3-7(10)8(4-6)11-17(14,15)5-9/h2-4,11H,5H2,1H3. The summed E-state index contributed by atoms with van der Waals surface area (Å²) in [6, 6.07) is 2.81. The van der Waals surface area contributed by atoms with E-state index in [0.717, 1.165) is 24.5 Å². The quantitative estimate of drug-likeness (QED) is 0.668. The molecular weight excluding hydrogens is 293 g/mol. The van der Waals surface area contributed by atoms with Crippen LogP contribution in [0.1, 0.15) is 0 Å². The zero-order valence-electron chi connectivity index (χ0n) is 8.64. The number of hydrogen-bond acceptors (Lipinski definition) is 4. The molecule has 1 rings (SSSR count). The van der Waals surface area contributed by atoms with Crippen LogP contribution in [0.2, 0.25) is 0 Å². The lowest BCUT2D eigenvalue weighted by Gasteiger charge is -2.07. The first-order valence-electron chi connectivity index (χ1n) is 4.22. The van der Waals surface area contributed by atoms with Gasteiger partial charge in [-0.05, 0) is 18.2 Å². The fraction of sp³-hybridized carbons (Fsp3) is 0.250. The minimum absolute atomic E-state index is 0.189. The van der Waals surface area contributed by atoms with Crippen LogP contribution in [0.5, 0.6) is 0 Å². The maximum absolute atomic E-state index is 13.3. The first-order valence-corrected chi connectivity index (χ1v) is 8.29. The lowest BCUT2D eigenvalue weighted by molar-refractivity contribution is 0.597. The van der Waals surface area contributed by atoms with Gasteiger partial charge in [0.05, 0.1) is 10.6 Å². The van der Waals surface area contributed by atoms with E-state index in [2.05, 4.69) is 0 Å². The van der Waals surface area contributed by atoms with E-state index < -0.39 is 36.6 Å². The molecule has 0 bridgehead atoms. The molecule has 1 aromatic carbocycles. The summed E-state index contributed by atoms with van der Waals surface area (Å²) in [5.41, 5.74) is -0.450.